The second-order valence-electron chi connectivity index (χ2n) is 5.79. The van der Waals surface area contributed by atoms with Gasteiger partial charge in [-0.1, -0.05) is 24.3 Å². The first kappa shape index (κ1) is 25.0. The van der Waals surface area contributed by atoms with Crippen LogP contribution in [-0.4, -0.2) is 20.6 Å². The van der Waals surface area contributed by atoms with Gasteiger partial charge in [0, 0.05) is 6.07 Å². The van der Waals surface area contributed by atoms with Crippen molar-refractivity contribution in [2.45, 2.75) is 6.36 Å². The molecular weight excluding hydrogens is 612 g/mol. The van der Waals surface area contributed by atoms with Gasteiger partial charge in [0.05, 0.1) is 22.9 Å². The highest BCUT2D eigenvalue weighted by Crippen LogP contribution is 2.33. The molecule has 3 aromatic rings. The average molecular weight is 623 g/mol. The maximum Gasteiger partial charge on any atom is 0.573 e. The van der Waals surface area contributed by atoms with Gasteiger partial charge in [-0.2, -0.15) is 5.26 Å². The second-order valence-corrected chi connectivity index (χ2v) is 12.2. The van der Waals surface area contributed by atoms with Gasteiger partial charge in [-0.15, -0.1) is 60.4 Å². The molecule has 0 aliphatic heterocycles. The third-order valence-corrected chi connectivity index (χ3v) is 3.69. The van der Waals surface area contributed by atoms with Crippen molar-refractivity contribution in [3.63, 3.8) is 0 Å². The van der Waals surface area contributed by atoms with Crippen LogP contribution in [0.15, 0.2) is 54.6 Å². The number of ether oxygens (including phenoxy) is 1. The molecule has 0 aliphatic rings. The normalized spacial score (nSPS) is 10.5. The number of nitriles is 1. The largest absolute Gasteiger partial charge is 0.573 e. The number of hydrogen-bond donors (Lipinski definition) is 2. The monoisotopic (exact) mass is 620 g/mol. The van der Waals surface area contributed by atoms with Crippen LogP contribution in [-0.2, 0) is 0 Å². The molecule has 3 rings (SSSR count). The zero-order valence-corrected chi connectivity index (χ0v) is 20.0. The van der Waals surface area contributed by atoms with E-state index >= 15 is 0 Å². The Balaban J connectivity index is 0.000000785. The molecule has 0 heterocycles. The van der Waals surface area contributed by atoms with Crippen molar-refractivity contribution in [1.29, 1.82) is 5.26 Å². The first-order valence-corrected chi connectivity index (χ1v) is 11.0. The zero-order chi connectivity index (χ0) is 23.2. The van der Waals surface area contributed by atoms with E-state index in [4.69, 9.17) is 5.26 Å². The summed E-state index contributed by atoms with van der Waals surface area (Å²) in [7, 11) is 0. The number of rotatable bonds is 3. The summed E-state index contributed by atoms with van der Waals surface area (Å²) in [6.07, 6.45) is -5.00. The highest BCUT2D eigenvalue weighted by atomic mass is 79.9. The van der Waals surface area contributed by atoms with Crippen molar-refractivity contribution in [2.24, 2.45) is 0 Å². The molecule has 0 aromatic heterocycles. The third-order valence-electron chi connectivity index (χ3n) is 3.69. The Hall–Kier alpha value is -2.23. The van der Waals surface area contributed by atoms with Crippen LogP contribution in [0.5, 0.6) is 11.5 Å². The number of alkyl halides is 3. The van der Waals surface area contributed by atoms with Gasteiger partial charge in [0.2, 0.25) is 0 Å². The molecule has 0 saturated carbocycles. The smallest absolute Gasteiger partial charge is 0.507 e. The number of benzene rings is 3. The number of fused-ring (bicyclic) bond motifs is 1. The van der Waals surface area contributed by atoms with Crippen LogP contribution in [0.2, 0.25) is 0 Å². The molecule has 0 bridgehead atoms. The summed E-state index contributed by atoms with van der Waals surface area (Å²) in [6.45, 7) is 0. The van der Waals surface area contributed by atoms with Crippen molar-refractivity contribution in [3.05, 3.63) is 65.7 Å². The fourth-order valence-corrected chi connectivity index (χ4v) is 2.50. The number of carbonyl (C=O) groups excluding carboxylic acids is 1. The number of nitrogens with zero attached hydrogens (tertiary/aromatic N) is 1. The molecule has 0 saturated heterocycles. The number of amides is 1. The molecule has 160 valence electrons. The summed E-state index contributed by atoms with van der Waals surface area (Å²) in [5, 5.41) is 22.6. The van der Waals surface area contributed by atoms with E-state index in [0.717, 1.165) is 12.1 Å². The summed E-state index contributed by atoms with van der Waals surface area (Å²) >= 11 is 9.31. The summed E-state index contributed by atoms with van der Waals surface area (Å²) in [5.74, 6) is -1.87. The number of aromatic hydroxyl groups is 1. The van der Waals surface area contributed by atoms with Crippen molar-refractivity contribution in [2.75, 3.05) is 5.32 Å². The minimum atomic E-state index is -5.00. The van der Waals surface area contributed by atoms with Crippen LogP contribution in [0, 0.1) is 11.3 Å². The van der Waals surface area contributed by atoms with E-state index in [-0.39, 0.29) is 25.7 Å². The van der Waals surface area contributed by atoms with Gasteiger partial charge in [0.15, 0.2) is 5.75 Å². The fourth-order valence-electron chi connectivity index (χ4n) is 2.50. The van der Waals surface area contributed by atoms with Crippen LogP contribution in [0.3, 0.4) is 0 Å². The Morgan fingerprint density at radius 1 is 1.06 bits per heavy atom. The molecule has 0 atom stereocenters. The van der Waals surface area contributed by atoms with Crippen LogP contribution in [0.1, 0.15) is 15.9 Å². The minimum absolute atomic E-state index is 0.0687. The Morgan fingerprint density at radius 2 is 1.65 bits per heavy atom. The molecule has 1 amide bonds. The number of halogens is 6. The number of anilines is 1. The van der Waals surface area contributed by atoms with Gasteiger partial charge < -0.3 is 15.2 Å². The topological polar surface area (TPSA) is 82.4 Å². The third kappa shape index (κ3) is 7.76. The van der Waals surface area contributed by atoms with E-state index in [0.29, 0.717) is 10.8 Å². The summed E-state index contributed by atoms with van der Waals surface area (Å²) in [5.41, 5.74) is -0.472. The fraction of sp³-hybridized carbons (Fsp3) is 0.0526. The maximum absolute atomic E-state index is 12.6. The van der Waals surface area contributed by atoms with Gasteiger partial charge >= 0.3 is 9.55 Å². The number of phenols is 1. The van der Waals surface area contributed by atoms with Gasteiger partial charge in [-0.05, 0) is 35.0 Å². The van der Waals surface area contributed by atoms with Gasteiger partial charge in [0.1, 0.15) is 5.75 Å². The maximum atomic E-state index is 12.6. The van der Waals surface area contributed by atoms with E-state index in [2.05, 4.69) is 57.3 Å². The second kappa shape index (κ2) is 10.9. The molecule has 0 fully saturated rings. The SMILES string of the molecule is BrB(Br)Br.N#Cc1ccc(NC(=O)c2cc3ccccc3cc2O)c(OC(F)(F)F)c1. The van der Waals surface area contributed by atoms with E-state index in [1.165, 1.54) is 18.2 Å². The van der Waals surface area contributed by atoms with Gasteiger partial charge in [-0.25, -0.2) is 0 Å². The Kier molecular flexibility index (Phi) is 8.79. The minimum Gasteiger partial charge on any atom is -0.507 e. The molecule has 2 N–H and O–H groups in total. The first-order chi connectivity index (χ1) is 14.5. The molecule has 0 aliphatic carbocycles. The lowest BCUT2D eigenvalue weighted by molar-refractivity contribution is -0.274. The van der Waals surface area contributed by atoms with Gasteiger partial charge in [0.25, 0.3) is 5.91 Å². The lowest BCUT2D eigenvalue weighted by Gasteiger charge is -2.15. The predicted molar refractivity (Wildman–Crippen MR) is 124 cm³/mol. The number of hydrogen-bond acceptors (Lipinski definition) is 4. The van der Waals surface area contributed by atoms with Crippen molar-refractivity contribution < 1.29 is 27.8 Å². The Morgan fingerprint density at radius 3 is 2.19 bits per heavy atom. The van der Waals surface area contributed by atoms with Crippen LogP contribution in [0.4, 0.5) is 18.9 Å². The summed E-state index contributed by atoms with van der Waals surface area (Å²) in [4.78, 5) is 12.5. The summed E-state index contributed by atoms with van der Waals surface area (Å²) < 4.78 is 41.9. The van der Waals surface area contributed by atoms with Crippen LogP contribution >= 0.6 is 47.3 Å². The highest BCUT2D eigenvalue weighted by Gasteiger charge is 2.32. The average Bonchev–Trinajstić information content (AvgIpc) is 2.67. The molecule has 31 heavy (non-hydrogen) atoms. The lowest BCUT2D eigenvalue weighted by Crippen LogP contribution is -2.20. The molecule has 12 heteroatoms. The van der Waals surface area contributed by atoms with E-state index in [1.54, 1.807) is 30.3 Å². The first-order valence-electron chi connectivity index (χ1n) is 8.25. The quantitative estimate of drug-likeness (QED) is 0.318. The molecule has 0 spiro atoms. The predicted octanol–water partition coefficient (Wildman–Crippen LogP) is 6.72. The summed E-state index contributed by atoms with van der Waals surface area (Å²) in [6, 6.07) is 14.7. The van der Waals surface area contributed by atoms with Crippen LogP contribution < -0.4 is 10.1 Å². The number of nitrogens with one attached hydrogen (secondary N) is 1. The number of phenolic OH excluding ortho intramolecular Hbond substituents is 1. The molecule has 5 nitrogen and oxygen atoms in total. The Labute approximate surface area is 200 Å². The van der Waals surface area contributed by atoms with Crippen molar-refractivity contribution in [1.82, 2.24) is 0 Å². The van der Waals surface area contributed by atoms with E-state index in [9.17, 15) is 23.1 Å². The number of carbonyl (C=O) groups is 1. The molecular formula is C19H11BBr3F3N2O3. The van der Waals surface area contributed by atoms with Gasteiger partial charge in [-0.3, -0.25) is 4.79 Å². The zero-order valence-electron chi connectivity index (χ0n) is 15.3. The molecule has 0 radical (unpaired) electrons. The van der Waals surface area contributed by atoms with Crippen LogP contribution in [0.25, 0.3) is 10.8 Å². The highest BCUT2D eigenvalue weighted by molar-refractivity contribution is 9.69. The van der Waals surface area contributed by atoms with Crippen molar-refractivity contribution >= 4 is 72.8 Å². The lowest BCUT2D eigenvalue weighted by atomic mass is 10.1. The Bertz CT molecular complexity index is 1140. The van der Waals surface area contributed by atoms with Crippen molar-refractivity contribution in [3.8, 4) is 17.6 Å². The molecule has 0 unspecified atom stereocenters. The molecule has 3 aromatic carbocycles. The van der Waals surface area contributed by atoms with E-state index in [1.807, 2.05) is 0 Å². The van der Waals surface area contributed by atoms with E-state index < -0.39 is 18.0 Å². The standard InChI is InChI=1S/C19H11F3N2O3.BBr3/c20-19(21,22)27-17-7-11(10-23)5-6-15(17)24-18(26)14-8-12-3-1-2-4-13(12)9-16(14)25;2-1(3)4/h1-9,25H,(H,24,26);.